The van der Waals surface area contributed by atoms with E-state index in [-0.39, 0.29) is 24.0 Å². The standard InChI is InChI=1S/C28H32N6O4/c1-17-7-8-18(2)22(15-17)34(24(36)16-33-31-26(30-32-33)23-14-9-19(3)38-23)25(27(37)29-28(4,5)6)20-10-12-21(35)13-11-20/h7-15,25,35H,16H2,1-6H3,(H,29,37). The Balaban J connectivity index is 1.79. The Labute approximate surface area is 221 Å². The number of benzene rings is 2. The molecule has 2 aromatic carbocycles. The number of amides is 2. The number of hydrogen-bond acceptors (Lipinski definition) is 7. The van der Waals surface area contributed by atoms with Crippen LogP contribution < -0.4 is 10.2 Å². The molecular formula is C28H32N6O4. The number of anilines is 1. The summed E-state index contributed by atoms with van der Waals surface area (Å²) in [6, 6.07) is 14.5. The van der Waals surface area contributed by atoms with Gasteiger partial charge in [0, 0.05) is 11.2 Å². The van der Waals surface area contributed by atoms with Crippen molar-refractivity contribution in [2.24, 2.45) is 0 Å². The molecule has 2 heterocycles. The van der Waals surface area contributed by atoms with Crippen molar-refractivity contribution in [1.29, 1.82) is 0 Å². The number of aromatic hydroxyl groups is 1. The van der Waals surface area contributed by atoms with Crippen LogP contribution in [-0.2, 0) is 16.1 Å². The Bertz CT molecular complexity index is 1450. The van der Waals surface area contributed by atoms with Gasteiger partial charge in [-0.25, -0.2) is 0 Å². The van der Waals surface area contributed by atoms with Gasteiger partial charge in [0.05, 0.1) is 0 Å². The van der Waals surface area contributed by atoms with Crippen LogP contribution in [0.5, 0.6) is 5.75 Å². The van der Waals surface area contributed by atoms with Gasteiger partial charge in [-0.15, -0.1) is 10.2 Å². The second-order valence-electron chi connectivity index (χ2n) is 10.3. The average Bonchev–Trinajstić information content (AvgIpc) is 3.47. The lowest BCUT2D eigenvalue weighted by molar-refractivity contribution is -0.128. The number of carbonyl (C=O) groups is 2. The van der Waals surface area contributed by atoms with Gasteiger partial charge < -0.3 is 14.8 Å². The van der Waals surface area contributed by atoms with E-state index in [4.69, 9.17) is 4.42 Å². The average molecular weight is 517 g/mol. The molecule has 198 valence electrons. The van der Waals surface area contributed by atoms with E-state index in [1.807, 2.05) is 59.7 Å². The second kappa shape index (κ2) is 10.5. The van der Waals surface area contributed by atoms with Crippen molar-refractivity contribution >= 4 is 17.5 Å². The number of phenols is 1. The van der Waals surface area contributed by atoms with Crippen molar-refractivity contribution in [2.45, 2.75) is 59.7 Å². The first-order valence-electron chi connectivity index (χ1n) is 12.3. The van der Waals surface area contributed by atoms with Gasteiger partial charge >= 0.3 is 0 Å². The SMILES string of the molecule is Cc1ccc(C)c(N(C(=O)Cn2nnc(-c3ccc(C)o3)n2)C(C(=O)NC(C)(C)C)c2ccc(O)cc2)c1. The highest BCUT2D eigenvalue weighted by Gasteiger charge is 2.35. The summed E-state index contributed by atoms with van der Waals surface area (Å²) >= 11 is 0. The van der Waals surface area contributed by atoms with Gasteiger partial charge in [-0.3, -0.25) is 14.5 Å². The first kappa shape index (κ1) is 26.6. The molecule has 2 aromatic heterocycles. The van der Waals surface area contributed by atoms with Crippen LogP contribution in [0.4, 0.5) is 5.69 Å². The lowest BCUT2D eigenvalue weighted by atomic mass is 9.99. The van der Waals surface area contributed by atoms with Crippen LogP contribution in [-0.4, -0.2) is 42.7 Å². The molecule has 10 nitrogen and oxygen atoms in total. The number of aryl methyl sites for hydroxylation is 3. The fourth-order valence-electron chi connectivity index (χ4n) is 4.07. The molecule has 0 bridgehead atoms. The van der Waals surface area contributed by atoms with Crippen LogP contribution in [0.15, 0.2) is 59.0 Å². The predicted molar refractivity (Wildman–Crippen MR) is 142 cm³/mol. The molecule has 10 heteroatoms. The number of hydrogen-bond donors (Lipinski definition) is 2. The van der Waals surface area contributed by atoms with E-state index in [0.717, 1.165) is 11.1 Å². The van der Waals surface area contributed by atoms with Crippen LogP contribution in [0.1, 0.15) is 49.3 Å². The smallest absolute Gasteiger partial charge is 0.251 e. The summed E-state index contributed by atoms with van der Waals surface area (Å²) in [5, 5.41) is 25.3. The Morgan fingerprint density at radius 1 is 1.05 bits per heavy atom. The van der Waals surface area contributed by atoms with Crippen molar-refractivity contribution in [3.8, 4) is 17.3 Å². The van der Waals surface area contributed by atoms with Crippen LogP contribution in [0.3, 0.4) is 0 Å². The molecule has 0 saturated carbocycles. The molecule has 0 saturated heterocycles. The predicted octanol–water partition coefficient (Wildman–Crippen LogP) is 4.25. The van der Waals surface area contributed by atoms with E-state index in [9.17, 15) is 14.7 Å². The van der Waals surface area contributed by atoms with E-state index in [0.29, 0.717) is 22.8 Å². The van der Waals surface area contributed by atoms with E-state index in [2.05, 4.69) is 20.7 Å². The first-order chi connectivity index (χ1) is 17.9. The van der Waals surface area contributed by atoms with Crippen LogP contribution in [0, 0.1) is 20.8 Å². The third-order valence-corrected chi connectivity index (χ3v) is 5.80. The normalized spacial score (nSPS) is 12.3. The summed E-state index contributed by atoms with van der Waals surface area (Å²) in [7, 11) is 0. The van der Waals surface area contributed by atoms with Gasteiger partial charge in [-0.1, -0.05) is 24.3 Å². The number of rotatable bonds is 7. The number of furan rings is 1. The molecule has 0 radical (unpaired) electrons. The van der Waals surface area contributed by atoms with Crippen molar-refractivity contribution in [1.82, 2.24) is 25.5 Å². The summed E-state index contributed by atoms with van der Waals surface area (Å²) in [5.41, 5.74) is 2.32. The van der Waals surface area contributed by atoms with E-state index in [1.54, 1.807) is 24.3 Å². The number of nitrogens with zero attached hydrogens (tertiary/aromatic N) is 5. The van der Waals surface area contributed by atoms with Crippen LogP contribution in [0.2, 0.25) is 0 Å². The zero-order valence-corrected chi connectivity index (χ0v) is 22.4. The highest BCUT2D eigenvalue weighted by molar-refractivity contribution is 6.02. The molecule has 4 rings (SSSR count). The molecule has 0 aliphatic carbocycles. The summed E-state index contributed by atoms with van der Waals surface area (Å²) < 4.78 is 5.57. The number of nitrogens with one attached hydrogen (secondary N) is 1. The lowest BCUT2D eigenvalue weighted by Crippen LogP contribution is -2.50. The summed E-state index contributed by atoms with van der Waals surface area (Å²) in [4.78, 5) is 30.4. The fourth-order valence-corrected chi connectivity index (χ4v) is 4.07. The quantitative estimate of drug-likeness (QED) is 0.376. The minimum absolute atomic E-state index is 0.0563. The van der Waals surface area contributed by atoms with Gasteiger partial charge in [0.1, 0.15) is 24.1 Å². The Morgan fingerprint density at radius 3 is 2.39 bits per heavy atom. The molecular weight excluding hydrogens is 484 g/mol. The topological polar surface area (TPSA) is 126 Å². The van der Waals surface area contributed by atoms with Gasteiger partial charge in [0.25, 0.3) is 5.91 Å². The fraction of sp³-hybridized carbons (Fsp3) is 0.321. The second-order valence-corrected chi connectivity index (χ2v) is 10.3. The third kappa shape index (κ3) is 6.08. The summed E-state index contributed by atoms with van der Waals surface area (Å²) in [6.07, 6.45) is 0. The zero-order valence-electron chi connectivity index (χ0n) is 22.4. The van der Waals surface area contributed by atoms with Gasteiger partial charge in [-0.2, -0.15) is 4.80 Å². The Hall–Kier alpha value is -4.47. The van der Waals surface area contributed by atoms with E-state index in [1.165, 1.54) is 21.8 Å². The van der Waals surface area contributed by atoms with Crippen molar-refractivity contribution in [2.75, 3.05) is 4.90 Å². The maximum Gasteiger partial charge on any atom is 0.251 e. The minimum Gasteiger partial charge on any atom is -0.508 e. The maximum atomic E-state index is 14.0. The van der Waals surface area contributed by atoms with Gasteiger partial charge in [-0.05, 0) is 93.8 Å². The summed E-state index contributed by atoms with van der Waals surface area (Å²) in [6.45, 7) is 11.0. The molecule has 1 atom stereocenters. The lowest BCUT2D eigenvalue weighted by Gasteiger charge is -2.34. The van der Waals surface area contributed by atoms with Gasteiger partial charge in [0.2, 0.25) is 11.7 Å². The molecule has 0 fully saturated rings. The van der Waals surface area contributed by atoms with E-state index >= 15 is 0 Å². The molecule has 2 N–H and O–H groups in total. The van der Waals surface area contributed by atoms with Crippen molar-refractivity contribution in [3.05, 3.63) is 77.0 Å². The largest absolute Gasteiger partial charge is 0.508 e. The van der Waals surface area contributed by atoms with E-state index < -0.39 is 17.5 Å². The highest BCUT2D eigenvalue weighted by Crippen LogP contribution is 2.33. The molecule has 2 amide bonds. The molecule has 0 aliphatic heterocycles. The molecule has 0 spiro atoms. The van der Waals surface area contributed by atoms with Crippen molar-refractivity contribution in [3.63, 3.8) is 0 Å². The Kier molecular flexibility index (Phi) is 7.34. The molecule has 1 unspecified atom stereocenters. The monoisotopic (exact) mass is 516 g/mol. The number of tetrazole rings is 1. The highest BCUT2D eigenvalue weighted by atomic mass is 16.3. The number of aromatic nitrogens is 4. The third-order valence-electron chi connectivity index (χ3n) is 5.80. The Morgan fingerprint density at radius 2 is 1.76 bits per heavy atom. The minimum atomic E-state index is -1.03. The van der Waals surface area contributed by atoms with Crippen LogP contribution in [0.25, 0.3) is 11.6 Å². The van der Waals surface area contributed by atoms with Crippen LogP contribution >= 0.6 is 0 Å². The first-order valence-corrected chi connectivity index (χ1v) is 12.3. The molecule has 4 aromatic rings. The zero-order chi connectivity index (χ0) is 27.6. The molecule has 0 aliphatic rings. The number of carbonyl (C=O) groups excluding carboxylic acids is 2. The van der Waals surface area contributed by atoms with Gasteiger partial charge in [0.15, 0.2) is 5.76 Å². The maximum absolute atomic E-state index is 14.0. The summed E-state index contributed by atoms with van der Waals surface area (Å²) in [5.74, 6) is 0.677. The number of phenolic OH excluding ortho intramolecular Hbond substituents is 1. The molecule has 38 heavy (non-hydrogen) atoms. The van der Waals surface area contributed by atoms with Crippen molar-refractivity contribution < 1.29 is 19.1 Å².